The molecule has 0 bridgehead atoms. The molecule has 3 N–H and O–H groups in total. The van der Waals surface area contributed by atoms with Gasteiger partial charge in [-0.25, -0.2) is 0 Å². The summed E-state index contributed by atoms with van der Waals surface area (Å²) in [6.07, 6.45) is 0. The fourth-order valence-corrected chi connectivity index (χ4v) is 5.31. The third-order valence-electron chi connectivity index (χ3n) is 4.42. The highest BCUT2D eigenvalue weighted by atomic mass is 35.5. The van der Waals surface area contributed by atoms with Crippen LogP contribution in [0.3, 0.4) is 0 Å². The molecule has 0 aliphatic rings. The van der Waals surface area contributed by atoms with Gasteiger partial charge in [-0.15, -0.1) is 0 Å². The van der Waals surface area contributed by atoms with E-state index in [-0.39, 0.29) is 31.8 Å². The van der Waals surface area contributed by atoms with Crippen molar-refractivity contribution in [3.8, 4) is 11.5 Å². The lowest BCUT2D eigenvalue weighted by Crippen LogP contribution is -2.38. The van der Waals surface area contributed by atoms with Crippen LogP contribution in [0.15, 0.2) is 54.6 Å². The van der Waals surface area contributed by atoms with Crippen molar-refractivity contribution >= 4 is 56.5 Å². The van der Waals surface area contributed by atoms with Gasteiger partial charge in [0.2, 0.25) is 0 Å². The maximum absolute atomic E-state index is 13.0. The van der Waals surface area contributed by atoms with Crippen LogP contribution in [0.2, 0.25) is 20.1 Å². The number of hydrogen-bond donors (Lipinski definition) is 3. The van der Waals surface area contributed by atoms with Crippen molar-refractivity contribution in [3.05, 3.63) is 91.4 Å². The molecule has 5 nitrogen and oxygen atoms in total. The Labute approximate surface area is 186 Å². The van der Waals surface area contributed by atoms with E-state index in [9.17, 15) is 23.2 Å². The van der Waals surface area contributed by atoms with Gasteiger partial charge in [0.1, 0.15) is 16.5 Å². The van der Waals surface area contributed by atoms with Crippen LogP contribution >= 0.6 is 46.4 Å². The summed E-state index contributed by atoms with van der Waals surface area (Å²) in [5, 5.41) is 20.1. The average molecular weight is 494 g/mol. The maximum atomic E-state index is 13.0. The van der Waals surface area contributed by atoms with Gasteiger partial charge in [0.15, 0.2) is 4.75 Å². The monoisotopic (exact) mass is 492 g/mol. The Hall–Kier alpha value is -1.67. The molecule has 1 atom stereocenters. The van der Waals surface area contributed by atoms with Crippen molar-refractivity contribution in [1.82, 2.24) is 0 Å². The van der Waals surface area contributed by atoms with Gasteiger partial charge in [-0.05, 0) is 42.0 Å². The molecule has 152 valence electrons. The Morgan fingerprint density at radius 2 is 1.24 bits per heavy atom. The minimum atomic E-state index is -5.08. The van der Waals surface area contributed by atoms with Crippen LogP contribution in [0, 0.1) is 0 Å². The Balaban J connectivity index is 2.61. The minimum absolute atomic E-state index is 0.00521. The lowest BCUT2D eigenvalue weighted by molar-refractivity contribution is 0.440. The molecule has 0 saturated carbocycles. The highest BCUT2D eigenvalue weighted by Gasteiger charge is 2.51. The molecule has 0 radical (unpaired) electrons. The predicted molar refractivity (Wildman–Crippen MR) is 114 cm³/mol. The van der Waals surface area contributed by atoms with Gasteiger partial charge < -0.3 is 10.2 Å². The molecular weight excluding hydrogens is 482 g/mol. The zero-order chi connectivity index (χ0) is 21.6. The molecule has 10 heteroatoms. The van der Waals surface area contributed by atoms with Crippen LogP contribution in [0.5, 0.6) is 11.5 Å². The average Bonchev–Trinajstić information content (AvgIpc) is 2.65. The third-order valence-corrected chi connectivity index (χ3v) is 7.23. The molecule has 0 heterocycles. The fourth-order valence-electron chi connectivity index (χ4n) is 3.17. The van der Waals surface area contributed by atoms with E-state index in [0.29, 0.717) is 5.02 Å². The summed E-state index contributed by atoms with van der Waals surface area (Å²) in [7, 11) is -5.08. The smallest absolute Gasteiger partial charge is 0.283 e. The Morgan fingerprint density at radius 3 is 1.83 bits per heavy atom. The first-order chi connectivity index (χ1) is 13.5. The van der Waals surface area contributed by atoms with E-state index in [2.05, 4.69) is 0 Å². The zero-order valence-electron chi connectivity index (χ0n) is 14.3. The molecule has 3 rings (SSSR count). The number of phenolic OH excluding ortho intramolecular Hbond substituents is 2. The first-order valence-corrected chi connectivity index (χ1v) is 10.8. The van der Waals surface area contributed by atoms with Gasteiger partial charge in [-0.3, -0.25) is 4.55 Å². The second kappa shape index (κ2) is 7.87. The molecule has 0 aliphatic carbocycles. The molecule has 3 aromatic rings. The SMILES string of the molecule is O=S(=O)(O)C(c1ccc(Cl)cc1)(c1cc(Cl)ccc1O)c1ccc(O)c(Cl)c1Cl. The second-order valence-corrected chi connectivity index (χ2v) is 9.28. The fraction of sp³-hybridized carbons (Fsp3) is 0.0526. The highest BCUT2D eigenvalue weighted by molar-refractivity contribution is 7.87. The molecule has 0 amide bonds. The Kier molecular flexibility index (Phi) is 5.98. The lowest BCUT2D eigenvalue weighted by Gasteiger charge is -2.34. The number of benzene rings is 3. The quantitative estimate of drug-likeness (QED) is 0.311. The van der Waals surface area contributed by atoms with E-state index in [4.69, 9.17) is 46.4 Å². The van der Waals surface area contributed by atoms with Crippen LogP contribution < -0.4 is 0 Å². The van der Waals surface area contributed by atoms with Crippen molar-refractivity contribution in [2.45, 2.75) is 4.75 Å². The van der Waals surface area contributed by atoms with Gasteiger partial charge in [0.05, 0.1) is 5.02 Å². The van der Waals surface area contributed by atoms with Gasteiger partial charge in [0.25, 0.3) is 10.1 Å². The Morgan fingerprint density at radius 1 is 0.690 bits per heavy atom. The van der Waals surface area contributed by atoms with E-state index in [0.717, 1.165) is 6.07 Å². The highest BCUT2D eigenvalue weighted by Crippen LogP contribution is 2.51. The van der Waals surface area contributed by atoms with Crippen LogP contribution in [-0.4, -0.2) is 23.2 Å². The molecule has 0 spiro atoms. The number of hydrogen-bond acceptors (Lipinski definition) is 4. The van der Waals surface area contributed by atoms with Gasteiger partial charge in [-0.1, -0.05) is 64.6 Å². The summed E-state index contributed by atoms with van der Waals surface area (Å²) in [5.41, 5.74) is -0.464. The summed E-state index contributed by atoms with van der Waals surface area (Å²) >= 11 is 24.3. The van der Waals surface area contributed by atoms with Crippen molar-refractivity contribution in [1.29, 1.82) is 0 Å². The minimum Gasteiger partial charge on any atom is -0.508 e. The summed E-state index contributed by atoms with van der Waals surface area (Å²) in [6.45, 7) is 0. The van der Waals surface area contributed by atoms with Crippen molar-refractivity contribution < 1.29 is 23.2 Å². The predicted octanol–water partition coefficient (Wildman–Crippen LogP) is 5.89. The summed E-state index contributed by atoms with van der Waals surface area (Å²) in [6, 6.07) is 11.6. The maximum Gasteiger partial charge on any atom is 0.283 e. The van der Waals surface area contributed by atoms with E-state index >= 15 is 0 Å². The molecule has 3 aromatic carbocycles. The van der Waals surface area contributed by atoms with Crippen molar-refractivity contribution in [3.63, 3.8) is 0 Å². The molecule has 0 aliphatic heterocycles. The molecular formula is C19H12Cl4O5S. The van der Waals surface area contributed by atoms with Crippen LogP contribution in [0.4, 0.5) is 0 Å². The van der Waals surface area contributed by atoms with Crippen LogP contribution in [0.25, 0.3) is 0 Å². The summed E-state index contributed by atoms with van der Waals surface area (Å²) < 4.78 is 34.0. The normalized spacial score (nSPS) is 13.8. The zero-order valence-corrected chi connectivity index (χ0v) is 18.1. The van der Waals surface area contributed by atoms with E-state index in [1.54, 1.807) is 0 Å². The third kappa shape index (κ3) is 3.65. The Bertz CT molecular complexity index is 1200. The molecule has 29 heavy (non-hydrogen) atoms. The van der Waals surface area contributed by atoms with Crippen molar-refractivity contribution in [2.75, 3.05) is 0 Å². The van der Waals surface area contributed by atoms with Crippen LogP contribution in [0.1, 0.15) is 16.7 Å². The largest absolute Gasteiger partial charge is 0.508 e. The summed E-state index contributed by atoms with van der Waals surface area (Å²) in [5.74, 6) is -0.863. The molecule has 0 saturated heterocycles. The van der Waals surface area contributed by atoms with E-state index in [1.807, 2.05) is 0 Å². The van der Waals surface area contributed by atoms with Gasteiger partial charge in [-0.2, -0.15) is 8.42 Å². The van der Waals surface area contributed by atoms with Gasteiger partial charge in [0, 0.05) is 21.2 Å². The first-order valence-electron chi connectivity index (χ1n) is 7.89. The summed E-state index contributed by atoms with van der Waals surface area (Å²) in [4.78, 5) is 0. The molecule has 0 fully saturated rings. The number of phenols is 2. The number of aromatic hydroxyl groups is 2. The molecule has 1 unspecified atom stereocenters. The number of halogens is 4. The van der Waals surface area contributed by atoms with Crippen molar-refractivity contribution in [2.24, 2.45) is 0 Å². The van der Waals surface area contributed by atoms with E-state index < -0.39 is 26.4 Å². The van der Waals surface area contributed by atoms with Crippen LogP contribution in [-0.2, 0) is 14.9 Å². The lowest BCUT2D eigenvalue weighted by atomic mass is 9.83. The first kappa shape index (κ1) is 22.0. The van der Waals surface area contributed by atoms with Gasteiger partial charge >= 0.3 is 0 Å². The second-order valence-electron chi connectivity index (χ2n) is 6.08. The topological polar surface area (TPSA) is 94.8 Å². The standard InChI is InChI=1S/C19H12Cl4O5S/c20-11-3-1-10(2-4-11)19(29(26,27)28,14-9-12(21)5-7-15(14)24)13-6-8-16(25)18(23)17(13)22/h1-9,24-25H,(H,26,27,28). The molecule has 0 aromatic heterocycles. The van der Waals surface area contributed by atoms with E-state index in [1.165, 1.54) is 48.5 Å². The number of rotatable bonds is 4.